The van der Waals surface area contributed by atoms with Gasteiger partial charge in [0.05, 0.1) is 0 Å². The highest BCUT2D eigenvalue weighted by Crippen LogP contribution is 2.34. The average molecular weight is 294 g/mol. The van der Waals surface area contributed by atoms with Crippen molar-refractivity contribution in [1.29, 1.82) is 0 Å². The average Bonchev–Trinajstić information content (AvgIpc) is 2.05. The maximum absolute atomic E-state index is 12.5. The number of hydrogen-bond acceptors (Lipinski definition) is 1. The van der Waals surface area contributed by atoms with Crippen molar-refractivity contribution in [3.8, 4) is 0 Å². The predicted molar refractivity (Wildman–Crippen MR) is 40.9 cm³/mol. The molecule has 0 unspecified atom stereocenters. The summed E-state index contributed by atoms with van der Waals surface area (Å²) < 4.78 is 49.2. The van der Waals surface area contributed by atoms with E-state index in [1.807, 2.05) is 0 Å². The molecule has 0 aliphatic carbocycles. The third kappa shape index (κ3) is 1.54. The number of alkyl halides is 3. The molecule has 0 saturated heterocycles. The smallest absolute Gasteiger partial charge is 0.259 e. The number of rotatable bonds is 0. The van der Waals surface area contributed by atoms with Gasteiger partial charge >= 0.3 is 6.18 Å². The minimum absolute atomic E-state index is 0.252. The van der Waals surface area contributed by atoms with Gasteiger partial charge in [-0.25, -0.2) is 0 Å². The van der Waals surface area contributed by atoms with E-state index in [1.54, 1.807) is 0 Å². The fourth-order valence-electron chi connectivity index (χ4n) is 0.706. The summed E-state index contributed by atoms with van der Waals surface area (Å²) in [6.45, 7) is 0. The van der Waals surface area contributed by atoms with Gasteiger partial charge in [0, 0.05) is 7.05 Å². The monoisotopic (exact) mass is 294 g/mol. The Kier molecular flexibility index (Phi) is 2.32. The fourth-order valence-corrected chi connectivity index (χ4v) is 1.34. The Balaban J connectivity index is 3.32. The summed E-state index contributed by atoms with van der Waals surface area (Å²) in [7, 11) is 1.25. The molecule has 0 radical (unpaired) electrons. The normalized spacial score (nSPS) is 12.2. The molecule has 2 nitrogen and oxygen atoms in total. The van der Waals surface area contributed by atoms with E-state index < -0.39 is 17.7 Å². The lowest BCUT2D eigenvalue weighted by Gasteiger charge is -2.03. The highest BCUT2D eigenvalue weighted by Gasteiger charge is 2.39. The summed E-state index contributed by atoms with van der Waals surface area (Å²) in [4.78, 5) is 0. The van der Waals surface area contributed by atoms with Crippen molar-refractivity contribution in [3.05, 3.63) is 15.2 Å². The number of aromatic nitrogens is 2. The first-order chi connectivity index (χ1) is 5.34. The van der Waals surface area contributed by atoms with Crippen molar-refractivity contribution in [1.82, 2.24) is 9.78 Å². The molecule has 68 valence electrons. The standard InChI is InChI=1S/C5H3F4IN2/c1-12-4(10)2(3(6)11-12)5(7,8)9/h1H3. The third-order valence-electron chi connectivity index (χ3n) is 1.22. The fraction of sp³-hybridized carbons (Fsp3) is 0.400. The van der Waals surface area contributed by atoms with Crippen LogP contribution in [-0.2, 0) is 13.2 Å². The summed E-state index contributed by atoms with van der Waals surface area (Å²) in [5.74, 6) is -1.48. The van der Waals surface area contributed by atoms with E-state index in [9.17, 15) is 17.6 Å². The second-order valence-electron chi connectivity index (χ2n) is 2.08. The Labute approximate surface area is 78.7 Å². The number of aryl methyl sites for hydroxylation is 1. The van der Waals surface area contributed by atoms with Gasteiger partial charge < -0.3 is 0 Å². The van der Waals surface area contributed by atoms with Crippen LogP contribution in [-0.4, -0.2) is 9.78 Å². The van der Waals surface area contributed by atoms with Gasteiger partial charge in [-0.3, -0.25) is 4.68 Å². The van der Waals surface area contributed by atoms with Crippen LogP contribution < -0.4 is 0 Å². The molecule has 0 aliphatic rings. The number of hydrogen-bond donors (Lipinski definition) is 0. The Morgan fingerprint density at radius 2 is 1.92 bits per heavy atom. The summed E-state index contributed by atoms with van der Waals surface area (Å²) in [5, 5.41) is 3.00. The molecule has 0 spiro atoms. The van der Waals surface area contributed by atoms with E-state index in [0.717, 1.165) is 4.68 Å². The first-order valence-electron chi connectivity index (χ1n) is 2.79. The van der Waals surface area contributed by atoms with Crippen molar-refractivity contribution in [2.45, 2.75) is 6.18 Å². The Morgan fingerprint density at radius 1 is 1.42 bits per heavy atom. The van der Waals surface area contributed by atoms with Crippen LogP contribution in [0.5, 0.6) is 0 Å². The molecule has 0 aliphatic heterocycles. The van der Waals surface area contributed by atoms with Crippen LogP contribution >= 0.6 is 22.6 Å². The maximum Gasteiger partial charge on any atom is 0.423 e. The molecule has 1 heterocycles. The van der Waals surface area contributed by atoms with E-state index in [4.69, 9.17) is 0 Å². The van der Waals surface area contributed by atoms with E-state index >= 15 is 0 Å². The zero-order valence-electron chi connectivity index (χ0n) is 5.78. The first kappa shape index (κ1) is 9.75. The molecule has 0 N–H and O–H groups in total. The highest BCUT2D eigenvalue weighted by molar-refractivity contribution is 14.1. The topological polar surface area (TPSA) is 17.8 Å². The van der Waals surface area contributed by atoms with Crippen molar-refractivity contribution in [2.24, 2.45) is 7.05 Å². The second-order valence-corrected chi connectivity index (χ2v) is 3.10. The molecular weight excluding hydrogens is 291 g/mol. The number of nitrogens with zero attached hydrogens (tertiary/aromatic N) is 2. The van der Waals surface area contributed by atoms with Gasteiger partial charge in [-0.15, -0.1) is 5.10 Å². The molecule has 12 heavy (non-hydrogen) atoms. The SMILES string of the molecule is Cn1nc(F)c(C(F)(F)F)c1I. The predicted octanol–water partition coefficient (Wildman–Crippen LogP) is 2.18. The molecule has 1 aromatic heterocycles. The van der Waals surface area contributed by atoms with Gasteiger partial charge in [0.15, 0.2) is 0 Å². The largest absolute Gasteiger partial charge is 0.423 e. The molecule has 0 amide bonds. The Hall–Kier alpha value is -0.340. The third-order valence-corrected chi connectivity index (χ3v) is 2.46. The molecule has 0 aromatic carbocycles. The molecule has 7 heteroatoms. The minimum atomic E-state index is -4.67. The molecule has 1 aromatic rings. The zero-order valence-corrected chi connectivity index (χ0v) is 7.94. The van der Waals surface area contributed by atoms with Crippen LogP contribution in [0.15, 0.2) is 0 Å². The van der Waals surface area contributed by atoms with Crippen LogP contribution in [0.2, 0.25) is 0 Å². The van der Waals surface area contributed by atoms with Crippen molar-refractivity contribution < 1.29 is 17.6 Å². The Bertz CT molecular complexity index is 303. The van der Waals surface area contributed by atoms with Crippen LogP contribution in [0, 0.1) is 9.65 Å². The van der Waals surface area contributed by atoms with E-state index in [2.05, 4.69) is 5.10 Å². The maximum atomic E-state index is 12.5. The lowest BCUT2D eigenvalue weighted by atomic mass is 10.3. The van der Waals surface area contributed by atoms with Gasteiger partial charge in [0.1, 0.15) is 9.26 Å². The summed E-state index contributed by atoms with van der Waals surface area (Å²) >= 11 is 1.39. The van der Waals surface area contributed by atoms with E-state index in [-0.39, 0.29) is 3.70 Å². The van der Waals surface area contributed by atoms with Crippen LogP contribution in [0.1, 0.15) is 5.56 Å². The molecule has 0 bridgehead atoms. The molecule has 0 atom stereocenters. The highest BCUT2D eigenvalue weighted by atomic mass is 127. The zero-order chi connectivity index (χ0) is 9.52. The molecule has 0 fully saturated rings. The van der Waals surface area contributed by atoms with Gasteiger partial charge in [-0.05, 0) is 22.6 Å². The van der Waals surface area contributed by atoms with E-state index in [1.165, 1.54) is 29.6 Å². The first-order valence-corrected chi connectivity index (χ1v) is 3.87. The number of halogens is 5. The summed E-state index contributed by atoms with van der Waals surface area (Å²) in [5.41, 5.74) is -1.30. The van der Waals surface area contributed by atoms with Crippen LogP contribution in [0.4, 0.5) is 17.6 Å². The van der Waals surface area contributed by atoms with Crippen LogP contribution in [0.3, 0.4) is 0 Å². The van der Waals surface area contributed by atoms with Crippen LogP contribution in [0.25, 0.3) is 0 Å². The summed E-state index contributed by atoms with van der Waals surface area (Å²) in [6, 6.07) is 0. The minimum Gasteiger partial charge on any atom is -0.259 e. The Morgan fingerprint density at radius 3 is 2.08 bits per heavy atom. The van der Waals surface area contributed by atoms with Gasteiger partial charge in [-0.1, -0.05) is 0 Å². The second kappa shape index (κ2) is 2.86. The molecule has 1 rings (SSSR count). The lowest BCUT2D eigenvalue weighted by Crippen LogP contribution is -2.08. The molecule has 0 saturated carbocycles. The van der Waals surface area contributed by atoms with Crippen molar-refractivity contribution >= 4 is 22.6 Å². The van der Waals surface area contributed by atoms with Gasteiger partial charge in [0.2, 0.25) is 5.95 Å². The van der Waals surface area contributed by atoms with E-state index in [0.29, 0.717) is 0 Å². The lowest BCUT2D eigenvalue weighted by molar-refractivity contribution is -0.140. The van der Waals surface area contributed by atoms with Crippen molar-refractivity contribution in [3.63, 3.8) is 0 Å². The van der Waals surface area contributed by atoms with Gasteiger partial charge in [0.25, 0.3) is 0 Å². The van der Waals surface area contributed by atoms with Crippen molar-refractivity contribution in [2.75, 3.05) is 0 Å². The summed E-state index contributed by atoms with van der Waals surface area (Å²) in [6.07, 6.45) is -4.67. The quantitative estimate of drug-likeness (QED) is 0.530. The van der Waals surface area contributed by atoms with Gasteiger partial charge in [-0.2, -0.15) is 17.6 Å². The molecular formula is C5H3F4IN2.